The van der Waals surface area contributed by atoms with Crippen LogP contribution in [0, 0.1) is 5.82 Å². The fraction of sp³-hybridized carbons (Fsp3) is 0.240. The number of aromatic nitrogens is 4. The van der Waals surface area contributed by atoms with Crippen molar-refractivity contribution in [3.8, 4) is 11.4 Å². The standard InChI is InChI=1S/C25H20ClF3N6O2/c1-36-19-8-16(6-7-18(19)34-9-20(26)30-13-34)31-24-32-21-17(23(33-24)35-11-25(28,29)12-35)10-37-22(21)14-2-4-15(27)5-3-14/h2-9,13,22H,10-12H2,1H3,(H,31,32,33). The van der Waals surface area contributed by atoms with Crippen LogP contribution in [-0.4, -0.2) is 45.6 Å². The minimum atomic E-state index is -2.78. The number of nitrogens with zero attached hydrogens (tertiary/aromatic N) is 5. The molecule has 0 radical (unpaired) electrons. The van der Waals surface area contributed by atoms with E-state index in [0.29, 0.717) is 39.2 Å². The monoisotopic (exact) mass is 528 g/mol. The van der Waals surface area contributed by atoms with Gasteiger partial charge in [0.05, 0.1) is 38.2 Å². The van der Waals surface area contributed by atoms with Crippen molar-refractivity contribution in [2.24, 2.45) is 0 Å². The van der Waals surface area contributed by atoms with Crippen LogP contribution in [0.25, 0.3) is 5.69 Å². The first-order valence-corrected chi connectivity index (χ1v) is 11.7. The van der Waals surface area contributed by atoms with Gasteiger partial charge in [0, 0.05) is 23.5 Å². The van der Waals surface area contributed by atoms with Crippen molar-refractivity contribution in [2.75, 3.05) is 30.4 Å². The van der Waals surface area contributed by atoms with Crippen LogP contribution < -0.4 is 15.0 Å². The van der Waals surface area contributed by atoms with Crippen LogP contribution >= 0.6 is 11.6 Å². The Morgan fingerprint density at radius 3 is 2.59 bits per heavy atom. The molecule has 0 bridgehead atoms. The molecule has 6 rings (SSSR count). The van der Waals surface area contributed by atoms with Gasteiger partial charge in [-0.1, -0.05) is 23.7 Å². The third kappa shape index (κ3) is 4.44. The molecule has 1 unspecified atom stereocenters. The molecule has 1 atom stereocenters. The lowest BCUT2D eigenvalue weighted by atomic mass is 10.0. The van der Waals surface area contributed by atoms with Crippen molar-refractivity contribution in [2.45, 2.75) is 18.6 Å². The summed E-state index contributed by atoms with van der Waals surface area (Å²) in [5, 5.41) is 3.50. The molecule has 0 saturated carbocycles. The van der Waals surface area contributed by atoms with Gasteiger partial charge in [-0.25, -0.2) is 23.1 Å². The Morgan fingerprint density at radius 2 is 1.92 bits per heavy atom. The number of hydrogen-bond acceptors (Lipinski definition) is 7. The molecule has 1 fully saturated rings. The molecule has 2 aromatic carbocycles. The zero-order valence-electron chi connectivity index (χ0n) is 19.5. The number of fused-ring (bicyclic) bond motifs is 1. The van der Waals surface area contributed by atoms with Gasteiger partial charge >= 0.3 is 0 Å². The van der Waals surface area contributed by atoms with Crippen LogP contribution in [0.4, 0.5) is 30.6 Å². The van der Waals surface area contributed by atoms with Crippen LogP contribution in [0.1, 0.15) is 22.9 Å². The fourth-order valence-electron chi connectivity index (χ4n) is 4.49. The van der Waals surface area contributed by atoms with Gasteiger partial charge in [0.1, 0.15) is 35.0 Å². The smallest absolute Gasteiger partial charge is 0.282 e. The number of rotatable bonds is 6. The first kappa shape index (κ1) is 23.6. The van der Waals surface area contributed by atoms with Crippen molar-refractivity contribution in [1.29, 1.82) is 0 Å². The molecular weight excluding hydrogens is 509 g/mol. The van der Waals surface area contributed by atoms with Crippen LogP contribution in [-0.2, 0) is 11.3 Å². The molecule has 37 heavy (non-hydrogen) atoms. The lowest BCUT2D eigenvalue weighted by molar-refractivity contribution is -0.0268. The zero-order valence-corrected chi connectivity index (χ0v) is 20.2. The second-order valence-electron chi connectivity index (χ2n) is 8.80. The summed E-state index contributed by atoms with van der Waals surface area (Å²) in [5.41, 5.74) is 3.22. The number of hydrogen-bond donors (Lipinski definition) is 1. The van der Waals surface area contributed by atoms with E-state index in [2.05, 4.69) is 20.3 Å². The number of anilines is 3. The van der Waals surface area contributed by atoms with Gasteiger partial charge in [-0.15, -0.1) is 0 Å². The molecule has 0 amide bonds. The zero-order chi connectivity index (χ0) is 25.7. The van der Waals surface area contributed by atoms with E-state index in [9.17, 15) is 13.2 Å². The number of methoxy groups -OCH3 is 1. The summed E-state index contributed by atoms with van der Waals surface area (Å²) in [7, 11) is 1.54. The molecule has 12 heteroatoms. The highest BCUT2D eigenvalue weighted by Gasteiger charge is 2.46. The van der Waals surface area contributed by atoms with Crippen molar-refractivity contribution in [3.05, 3.63) is 82.8 Å². The fourth-order valence-corrected chi connectivity index (χ4v) is 4.64. The van der Waals surface area contributed by atoms with E-state index >= 15 is 0 Å². The highest BCUT2D eigenvalue weighted by Crippen LogP contribution is 2.42. The molecule has 4 heterocycles. The molecule has 1 N–H and O–H groups in total. The van der Waals surface area contributed by atoms with E-state index in [-0.39, 0.29) is 18.4 Å². The number of halogens is 4. The molecule has 2 aliphatic heterocycles. The summed E-state index contributed by atoms with van der Waals surface area (Å²) >= 11 is 5.95. The highest BCUT2D eigenvalue weighted by molar-refractivity contribution is 6.29. The maximum atomic E-state index is 13.7. The summed E-state index contributed by atoms with van der Waals surface area (Å²) in [4.78, 5) is 14.8. The van der Waals surface area contributed by atoms with E-state index in [0.717, 1.165) is 5.69 Å². The minimum Gasteiger partial charge on any atom is -0.494 e. The Morgan fingerprint density at radius 1 is 1.14 bits per heavy atom. The molecular formula is C25H20ClF3N6O2. The first-order chi connectivity index (χ1) is 17.8. The number of nitrogens with one attached hydrogen (secondary N) is 1. The van der Waals surface area contributed by atoms with E-state index in [1.54, 1.807) is 48.5 Å². The predicted octanol–water partition coefficient (Wildman–Crippen LogP) is 5.28. The molecule has 2 aliphatic rings. The topological polar surface area (TPSA) is 77.3 Å². The lowest BCUT2D eigenvalue weighted by Crippen LogP contribution is -2.57. The van der Waals surface area contributed by atoms with Gasteiger partial charge in [0.25, 0.3) is 5.92 Å². The molecule has 190 valence electrons. The predicted molar refractivity (Wildman–Crippen MR) is 131 cm³/mol. The number of benzene rings is 2. The molecule has 0 aliphatic carbocycles. The Hall–Kier alpha value is -3.83. The van der Waals surface area contributed by atoms with E-state index in [4.69, 9.17) is 21.1 Å². The van der Waals surface area contributed by atoms with Crippen molar-refractivity contribution in [1.82, 2.24) is 19.5 Å². The summed E-state index contributed by atoms with van der Waals surface area (Å²) in [5.74, 6) is -2.01. The molecule has 1 saturated heterocycles. The van der Waals surface area contributed by atoms with Gasteiger partial charge in [0.2, 0.25) is 5.95 Å². The summed E-state index contributed by atoms with van der Waals surface area (Å²) in [6.45, 7) is -0.717. The van der Waals surface area contributed by atoms with Gasteiger partial charge in [-0.3, -0.25) is 0 Å². The van der Waals surface area contributed by atoms with Crippen molar-refractivity contribution < 1.29 is 22.6 Å². The van der Waals surface area contributed by atoms with Crippen LogP contribution in [0.15, 0.2) is 55.0 Å². The number of alkyl halides is 2. The third-order valence-corrected chi connectivity index (χ3v) is 6.44. The van der Waals surface area contributed by atoms with Gasteiger partial charge in [-0.2, -0.15) is 4.98 Å². The van der Waals surface area contributed by atoms with Gasteiger partial charge < -0.3 is 24.3 Å². The quantitative estimate of drug-likeness (QED) is 0.365. The maximum absolute atomic E-state index is 13.7. The van der Waals surface area contributed by atoms with Crippen LogP contribution in [0.3, 0.4) is 0 Å². The third-order valence-electron chi connectivity index (χ3n) is 6.24. The largest absolute Gasteiger partial charge is 0.494 e. The van der Waals surface area contributed by atoms with Gasteiger partial charge in [0.15, 0.2) is 0 Å². The summed E-state index contributed by atoms with van der Waals surface area (Å²) < 4.78 is 54.2. The highest BCUT2D eigenvalue weighted by atomic mass is 35.5. The average molecular weight is 529 g/mol. The minimum absolute atomic E-state index is 0.158. The second kappa shape index (κ2) is 8.93. The lowest BCUT2D eigenvalue weighted by Gasteiger charge is -2.40. The van der Waals surface area contributed by atoms with Crippen LogP contribution in [0.5, 0.6) is 5.75 Å². The Labute approximate surface area is 214 Å². The van der Waals surface area contributed by atoms with E-state index < -0.39 is 25.1 Å². The first-order valence-electron chi connectivity index (χ1n) is 11.4. The Bertz CT molecular complexity index is 1470. The average Bonchev–Trinajstić information content (AvgIpc) is 3.49. The summed E-state index contributed by atoms with van der Waals surface area (Å²) in [6, 6.07) is 11.3. The van der Waals surface area contributed by atoms with Crippen molar-refractivity contribution in [3.63, 3.8) is 0 Å². The SMILES string of the molecule is COc1cc(Nc2nc3c(c(N4CC(F)(F)C4)n2)COC3c2ccc(F)cc2)ccc1-n1cnc(Cl)c1. The molecule has 8 nitrogen and oxygen atoms in total. The maximum Gasteiger partial charge on any atom is 0.282 e. The Kier molecular flexibility index (Phi) is 5.68. The normalized spacial score (nSPS) is 17.9. The van der Waals surface area contributed by atoms with Gasteiger partial charge in [-0.05, 0) is 29.8 Å². The number of ether oxygens (including phenoxy) is 2. The summed E-state index contributed by atoms with van der Waals surface area (Å²) in [6.07, 6.45) is 2.64. The number of imidazole rings is 1. The Balaban J connectivity index is 1.37. The van der Waals surface area contributed by atoms with E-state index in [1.165, 1.54) is 17.0 Å². The van der Waals surface area contributed by atoms with Crippen LogP contribution in [0.2, 0.25) is 5.15 Å². The molecule has 0 spiro atoms. The second-order valence-corrected chi connectivity index (χ2v) is 9.19. The van der Waals surface area contributed by atoms with E-state index in [1.807, 2.05) is 6.07 Å². The molecule has 4 aromatic rings. The van der Waals surface area contributed by atoms with Crippen molar-refractivity contribution >= 4 is 29.1 Å². The molecule has 2 aromatic heterocycles.